The van der Waals surface area contributed by atoms with E-state index in [0.717, 1.165) is 11.8 Å². The Bertz CT molecular complexity index is 710. The van der Waals surface area contributed by atoms with E-state index < -0.39 is 9.84 Å². The highest BCUT2D eigenvalue weighted by Crippen LogP contribution is 2.23. The highest BCUT2D eigenvalue weighted by molar-refractivity contribution is 7.90. The van der Waals surface area contributed by atoms with E-state index >= 15 is 0 Å². The Hall–Kier alpha value is -1.23. The molecule has 0 fully saturated rings. The van der Waals surface area contributed by atoms with Gasteiger partial charge in [-0.15, -0.1) is 0 Å². The molecule has 0 atom stereocenters. The van der Waals surface area contributed by atoms with Crippen LogP contribution in [0.15, 0.2) is 47.4 Å². The molecule has 0 heterocycles. The summed E-state index contributed by atoms with van der Waals surface area (Å²) in [5.41, 5.74) is 0.809. The Kier molecular flexibility index (Phi) is 4.58. The minimum absolute atomic E-state index is 0.259. The molecule has 0 amide bonds. The van der Waals surface area contributed by atoms with E-state index in [1.807, 2.05) is 0 Å². The second-order valence-electron chi connectivity index (χ2n) is 4.27. The summed E-state index contributed by atoms with van der Waals surface area (Å²) in [5, 5.41) is 1.10. The molecule has 2 aromatic rings. The Morgan fingerprint density at radius 3 is 2.25 bits per heavy atom. The van der Waals surface area contributed by atoms with Gasteiger partial charge in [-0.3, -0.25) is 0 Å². The van der Waals surface area contributed by atoms with Gasteiger partial charge in [0.15, 0.2) is 9.84 Å². The second-order valence-corrected chi connectivity index (χ2v) is 7.13. The van der Waals surface area contributed by atoms with Gasteiger partial charge in [0.05, 0.1) is 4.90 Å². The minimum atomic E-state index is -3.19. The van der Waals surface area contributed by atoms with Crippen LogP contribution in [0.1, 0.15) is 5.56 Å². The molecule has 0 saturated heterocycles. The molecule has 0 aliphatic carbocycles. The molecule has 20 heavy (non-hydrogen) atoms. The maximum atomic E-state index is 11.3. The molecule has 106 valence electrons. The fourth-order valence-electron chi connectivity index (χ4n) is 1.58. The summed E-state index contributed by atoms with van der Waals surface area (Å²) >= 11 is 11.8. The lowest BCUT2D eigenvalue weighted by Crippen LogP contribution is -1.98. The first-order valence-corrected chi connectivity index (χ1v) is 8.38. The molecule has 0 unspecified atom stereocenters. The van der Waals surface area contributed by atoms with Gasteiger partial charge in [0, 0.05) is 21.9 Å². The molecule has 0 aliphatic heterocycles. The van der Waals surface area contributed by atoms with Crippen LogP contribution in [-0.2, 0) is 16.4 Å². The first kappa shape index (κ1) is 15.2. The summed E-state index contributed by atoms with van der Waals surface area (Å²) in [6, 6.07) is 11.4. The Labute approximate surface area is 128 Å². The zero-order valence-electron chi connectivity index (χ0n) is 10.6. The topological polar surface area (TPSA) is 43.4 Å². The molecule has 2 aromatic carbocycles. The number of hydrogen-bond donors (Lipinski definition) is 0. The SMILES string of the molecule is CS(=O)(=O)c1ccc(OCc2ccc(Cl)cc2Cl)cc1. The van der Waals surface area contributed by atoms with Crippen LogP contribution in [0.3, 0.4) is 0 Å². The molecule has 0 aliphatic rings. The van der Waals surface area contributed by atoms with Crippen LogP contribution in [0.25, 0.3) is 0 Å². The van der Waals surface area contributed by atoms with Gasteiger partial charge in [0.2, 0.25) is 0 Å². The fourth-order valence-corrected chi connectivity index (χ4v) is 2.68. The van der Waals surface area contributed by atoms with Gasteiger partial charge >= 0.3 is 0 Å². The Morgan fingerprint density at radius 2 is 1.70 bits per heavy atom. The normalized spacial score (nSPS) is 11.3. The first-order chi connectivity index (χ1) is 9.36. The van der Waals surface area contributed by atoms with Gasteiger partial charge in [-0.2, -0.15) is 0 Å². The number of benzene rings is 2. The van der Waals surface area contributed by atoms with Crippen molar-refractivity contribution >= 4 is 33.0 Å². The quantitative estimate of drug-likeness (QED) is 0.851. The largest absolute Gasteiger partial charge is 0.489 e. The van der Waals surface area contributed by atoms with Gasteiger partial charge in [0.1, 0.15) is 12.4 Å². The van der Waals surface area contributed by atoms with Crippen LogP contribution in [0.5, 0.6) is 5.75 Å². The van der Waals surface area contributed by atoms with E-state index in [4.69, 9.17) is 27.9 Å². The highest BCUT2D eigenvalue weighted by atomic mass is 35.5. The minimum Gasteiger partial charge on any atom is -0.489 e. The van der Waals surface area contributed by atoms with Gasteiger partial charge < -0.3 is 4.74 Å². The van der Waals surface area contributed by atoms with Gasteiger partial charge in [-0.25, -0.2) is 8.42 Å². The lowest BCUT2D eigenvalue weighted by molar-refractivity contribution is 0.306. The summed E-state index contributed by atoms with van der Waals surface area (Å²) < 4.78 is 28.2. The van der Waals surface area contributed by atoms with Crippen molar-refractivity contribution in [2.24, 2.45) is 0 Å². The van der Waals surface area contributed by atoms with Crippen molar-refractivity contribution in [1.82, 2.24) is 0 Å². The molecule has 0 radical (unpaired) electrons. The third kappa shape index (κ3) is 3.88. The summed E-state index contributed by atoms with van der Waals surface area (Å²) in [4.78, 5) is 0.259. The average Bonchev–Trinajstić information content (AvgIpc) is 2.37. The maximum absolute atomic E-state index is 11.3. The van der Waals surface area contributed by atoms with Gasteiger partial charge in [0.25, 0.3) is 0 Å². The van der Waals surface area contributed by atoms with Crippen LogP contribution in [-0.4, -0.2) is 14.7 Å². The number of ether oxygens (including phenoxy) is 1. The van der Waals surface area contributed by atoms with Gasteiger partial charge in [-0.05, 0) is 36.4 Å². The lowest BCUT2D eigenvalue weighted by Gasteiger charge is -2.08. The van der Waals surface area contributed by atoms with Crippen LogP contribution >= 0.6 is 23.2 Å². The predicted molar refractivity (Wildman–Crippen MR) is 80.3 cm³/mol. The first-order valence-electron chi connectivity index (χ1n) is 5.73. The third-order valence-corrected chi connectivity index (χ3v) is 4.38. The van der Waals surface area contributed by atoms with E-state index in [-0.39, 0.29) is 11.5 Å². The van der Waals surface area contributed by atoms with Crippen molar-refractivity contribution in [2.45, 2.75) is 11.5 Å². The van der Waals surface area contributed by atoms with Crippen molar-refractivity contribution in [3.8, 4) is 5.75 Å². The van der Waals surface area contributed by atoms with Crippen LogP contribution in [0.4, 0.5) is 0 Å². The fraction of sp³-hybridized carbons (Fsp3) is 0.143. The molecule has 6 heteroatoms. The van der Waals surface area contributed by atoms with E-state index in [9.17, 15) is 8.42 Å². The van der Waals surface area contributed by atoms with Crippen molar-refractivity contribution in [1.29, 1.82) is 0 Å². The zero-order valence-corrected chi connectivity index (χ0v) is 13.0. The summed E-state index contributed by atoms with van der Waals surface area (Å²) in [7, 11) is -3.19. The van der Waals surface area contributed by atoms with Crippen LogP contribution < -0.4 is 4.74 Å². The molecule has 0 saturated carbocycles. The number of rotatable bonds is 4. The zero-order chi connectivity index (χ0) is 14.8. The molecular formula is C14H12Cl2O3S. The summed E-state index contributed by atoms with van der Waals surface area (Å²) in [6.07, 6.45) is 1.16. The Morgan fingerprint density at radius 1 is 1.05 bits per heavy atom. The monoisotopic (exact) mass is 330 g/mol. The molecule has 0 aromatic heterocycles. The van der Waals surface area contributed by atoms with E-state index in [1.54, 1.807) is 30.3 Å². The van der Waals surface area contributed by atoms with Crippen molar-refractivity contribution in [2.75, 3.05) is 6.26 Å². The highest BCUT2D eigenvalue weighted by Gasteiger charge is 2.07. The van der Waals surface area contributed by atoms with Crippen LogP contribution in [0, 0.1) is 0 Å². The van der Waals surface area contributed by atoms with Crippen molar-refractivity contribution < 1.29 is 13.2 Å². The molecular weight excluding hydrogens is 319 g/mol. The van der Waals surface area contributed by atoms with Crippen molar-refractivity contribution in [3.05, 3.63) is 58.1 Å². The summed E-state index contributed by atoms with van der Waals surface area (Å²) in [5.74, 6) is 0.573. The third-order valence-electron chi connectivity index (χ3n) is 2.66. The van der Waals surface area contributed by atoms with Crippen molar-refractivity contribution in [3.63, 3.8) is 0 Å². The van der Waals surface area contributed by atoms with E-state index in [0.29, 0.717) is 15.8 Å². The van der Waals surface area contributed by atoms with Gasteiger partial charge in [-0.1, -0.05) is 29.3 Å². The molecule has 0 N–H and O–H groups in total. The summed E-state index contributed by atoms with van der Waals surface area (Å²) in [6.45, 7) is 0.286. The second kappa shape index (κ2) is 6.04. The molecule has 0 bridgehead atoms. The Balaban J connectivity index is 2.08. The van der Waals surface area contributed by atoms with E-state index in [1.165, 1.54) is 12.1 Å². The number of hydrogen-bond acceptors (Lipinski definition) is 3. The standard InChI is InChI=1S/C14H12Cl2O3S/c1-20(17,18)13-6-4-12(5-7-13)19-9-10-2-3-11(15)8-14(10)16/h2-8H,9H2,1H3. The smallest absolute Gasteiger partial charge is 0.175 e. The molecule has 0 spiro atoms. The van der Waals surface area contributed by atoms with E-state index in [2.05, 4.69) is 0 Å². The average molecular weight is 331 g/mol. The number of sulfone groups is 1. The maximum Gasteiger partial charge on any atom is 0.175 e. The predicted octanol–water partition coefficient (Wildman–Crippen LogP) is 3.98. The molecule has 2 rings (SSSR count). The number of halogens is 2. The lowest BCUT2D eigenvalue weighted by atomic mass is 10.2. The molecule has 3 nitrogen and oxygen atoms in total. The van der Waals surface area contributed by atoms with Crippen LogP contribution in [0.2, 0.25) is 10.0 Å².